The molecule has 0 aromatic rings. The molecule has 1 aliphatic heterocycles. The fourth-order valence-electron chi connectivity index (χ4n) is 2.48. The Morgan fingerprint density at radius 2 is 2.12 bits per heavy atom. The van der Waals surface area contributed by atoms with E-state index >= 15 is 0 Å². The van der Waals surface area contributed by atoms with Crippen molar-refractivity contribution in [2.24, 2.45) is 11.7 Å². The van der Waals surface area contributed by atoms with Gasteiger partial charge in [0, 0.05) is 13.1 Å². The minimum Gasteiger partial charge on any atom is -0.444 e. The van der Waals surface area contributed by atoms with Crippen LogP contribution in [0, 0.1) is 5.92 Å². The zero-order chi connectivity index (χ0) is 13.1. The molecule has 0 radical (unpaired) electrons. The van der Waals surface area contributed by atoms with Gasteiger partial charge in [0.05, 0.1) is 6.04 Å². The van der Waals surface area contributed by atoms with Crippen LogP contribution in [-0.2, 0) is 4.74 Å². The van der Waals surface area contributed by atoms with Gasteiger partial charge >= 0.3 is 6.09 Å². The molecule has 4 heteroatoms. The lowest BCUT2D eigenvalue weighted by molar-refractivity contribution is 0.00112. The number of nitrogens with two attached hydrogens (primary N) is 1. The molecular weight excluding hydrogens is 216 g/mol. The average molecular weight is 242 g/mol. The van der Waals surface area contributed by atoms with Gasteiger partial charge in [-0.2, -0.15) is 0 Å². The molecule has 17 heavy (non-hydrogen) atoms. The molecule has 2 atom stereocenters. The smallest absolute Gasteiger partial charge is 0.410 e. The van der Waals surface area contributed by atoms with Crippen LogP contribution in [0.5, 0.6) is 0 Å². The van der Waals surface area contributed by atoms with Crippen LogP contribution in [0.2, 0.25) is 0 Å². The molecule has 0 saturated carbocycles. The van der Waals surface area contributed by atoms with E-state index in [0.717, 1.165) is 25.8 Å². The summed E-state index contributed by atoms with van der Waals surface area (Å²) >= 11 is 0. The Labute approximate surface area is 104 Å². The highest BCUT2D eigenvalue weighted by molar-refractivity contribution is 5.68. The van der Waals surface area contributed by atoms with E-state index in [-0.39, 0.29) is 12.1 Å². The Kier molecular flexibility index (Phi) is 4.80. The van der Waals surface area contributed by atoms with Gasteiger partial charge in [0.15, 0.2) is 0 Å². The second-order valence-electron chi connectivity index (χ2n) is 5.79. The van der Waals surface area contributed by atoms with Gasteiger partial charge in [-0.3, -0.25) is 0 Å². The third-order valence-electron chi connectivity index (χ3n) is 3.31. The molecule has 1 saturated heterocycles. The average Bonchev–Trinajstić information content (AvgIpc) is 2.25. The first-order valence-electron chi connectivity index (χ1n) is 6.58. The monoisotopic (exact) mass is 242 g/mol. The first-order valence-corrected chi connectivity index (χ1v) is 6.58. The Morgan fingerprint density at radius 1 is 1.47 bits per heavy atom. The van der Waals surface area contributed by atoms with Crippen molar-refractivity contribution in [1.29, 1.82) is 0 Å². The SMILES string of the molecule is CCC1CCCN(C(=O)OC(C)(C)C)C1CN. The third-order valence-corrected chi connectivity index (χ3v) is 3.31. The summed E-state index contributed by atoms with van der Waals surface area (Å²) in [6.45, 7) is 9.13. The van der Waals surface area contributed by atoms with Crippen molar-refractivity contribution in [2.75, 3.05) is 13.1 Å². The summed E-state index contributed by atoms with van der Waals surface area (Å²) in [6.07, 6.45) is 3.07. The standard InChI is InChI=1S/C13H26N2O2/c1-5-10-7-6-8-15(11(10)9-14)12(16)17-13(2,3)4/h10-11H,5-9,14H2,1-4H3. The molecule has 0 bridgehead atoms. The van der Waals surface area contributed by atoms with E-state index in [0.29, 0.717) is 12.5 Å². The van der Waals surface area contributed by atoms with E-state index in [2.05, 4.69) is 6.92 Å². The first-order chi connectivity index (χ1) is 7.89. The zero-order valence-corrected chi connectivity index (χ0v) is 11.5. The Hall–Kier alpha value is -0.770. The van der Waals surface area contributed by atoms with E-state index in [1.54, 1.807) is 0 Å². The van der Waals surface area contributed by atoms with E-state index in [1.165, 1.54) is 0 Å². The maximum atomic E-state index is 12.1. The van der Waals surface area contributed by atoms with Crippen LogP contribution in [0.15, 0.2) is 0 Å². The highest BCUT2D eigenvalue weighted by Gasteiger charge is 2.34. The number of rotatable bonds is 2. The van der Waals surface area contributed by atoms with Crippen LogP contribution >= 0.6 is 0 Å². The molecule has 4 nitrogen and oxygen atoms in total. The Balaban J connectivity index is 2.70. The van der Waals surface area contributed by atoms with Crippen LogP contribution in [-0.4, -0.2) is 35.7 Å². The van der Waals surface area contributed by atoms with Crippen molar-refractivity contribution >= 4 is 6.09 Å². The maximum absolute atomic E-state index is 12.1. The van der Waals surface area contributed by atoms with Gasteiger partial charge in [0.1, 0.15) is 5.60 Å². The molecule has 1 aliphatic rings. The van der Waals surface area contributed by atoms with Crippen molar-refractivity contribution < 1.29 is 9.53 Å². The zero-order valence-electron chi connectivity index (χ0n) is 11.5. The van der Waals surface area contributed by atoms with Crippen LogP contribution < -0.4 is 5.73 Å². The molecule has 2 N–H and O–H groups in total. The van der Waals surface area contributed by atoms with Crippen LogP contribution in [0.25, 0.3) is 0 Å². The third kappa shape index (κ3) is 3.87. The molecule has 0 spiro atoms. The van der Waals surface area contributed by atoms with Crippen molar-refractivity contribution in [3.63, 3.8) is 0 Å². The van der Waals surface area contributed by atoms with E-state index in [1.807, 2.05) is 25.7 Å². The second-order valence-corrected chi connectivity index (χ2v) is 5.79. The van der Waals surface area contributed by atoms with Crippen molar-refractivity contribution in [3.8, 4) is 0 Å². The summed E-state index contributed by atoms with van der Waals surface area (Å²) in [7, 11) is 0. The number of carbonyl (C=O) groups is 1. The number of carbonyl (C=O) groups excluding carboxylic acids is 1. The minimum atomic E-state index is -0.435. The molecule has 1 fully saturated rings. The molecule has 100 valence electrons. The summed E-state index contributed by atoms with van der Waals surface area (Å²) in [5.41, 5.74) is 5.38. The molecule has 2 unspecified atom stereocenters. The Bertz CT molecular complexity index is 261. The van der Waals surface area contributed by atoms with E-state index in [4.69, 9.17) is 10.5 Å². The van der Waals surface area contributed by atoms with Gasteiger partial charge in [-0.05, 0) is 39.5 Å². The van der Waals surface area contributed by atoms with Crippen molar-refractivity contribution in [1.82, 2.24) is 4.90 Å². The molecule has 0 aromatic heterocycles. The fourth-order valence-corrected chi connectivity index (χ4v) is 2.48. The highest BCUT2D eigenvalue weighted by Crippen LogP contribution is 2.27. The lowest BCUT2D eigenvalue weighted by Gasteiger charge is -2.40. The van der Waals surface area contributed by atoms with Gasteiger partial charge < -0.3 is 15.4 Å². The predicted octanol–water partition coefficient (Wildman–Crippen LogP) is 2.37. The second kappa shape index (κ2) is 5.71. The summed E-state index contributed by atoms with van der Waals surface area (Å²) in [4.78, 5) is 13.9. The van der Waals surface area contributed by atoms with Crippen molar-refractivity contribution in [2.45, 2.75) is 58.6 Å². The molecule has 1 rings (SSSR count). The lowest BCUT2D eigenvalue weighted by atomic mass is 9.87. The van der Waals surface area contributed by atoms with Gasteiger partial charge in [0.25, 0.3) is 0 Å². The molecule has 0 aliphatic carbocycles. The number of amides is 1. The van der Waals surface area contributed by atoms with E-state index in [9.17, 15) is 4.79 Å². The van der Waals surface area contributed by atoms with Crippen molar-refractivity contribution in [3.05, 3.63) is 0 Å². The predicted molar refractivity (Wildman–Crippen MR) is 68.8 cm³/mol. The lowest BCUT2D eigenvalue weighted by Crippen LogP contribution is -2.53. The largest absolute Gasteiger partial charge is 0.444 e. The van der Waals surface area contributed by atoms with Gasteiger partial charge in [-0.25, -0.2) is 4.79 Å². The number of nitrogens with zero attached hydrogens (tertiary/aromatic N) is 1. The van der Waals surface area contributed by atoms with Crippen LogP contribution in [0.1, 0.15) is 47.0 Å². The summed E-state index contributed by atoms with van der Waals surface area (Å²) in [5, 5.41) is 0. The number of likely N-dealkylation sites (tertiary alicyclic amines) is 1. The summed E-state index contributed by atoms with van der Waals surface area (Å²) < 4.78 is 5.43. The first kappa shape index (κ1) is 14.3. The Morgan fingerprint density at radius 3 is 2.59 bits per heavy atom. The van der Waals surface area contributed by atoms with Gasteiger partial charge in [-0.15, -0.1) is 0 Å². The molecular formula is C13H26N2O2. The van der Waals surface area contributed by atoms with E-state index < -0.39 is 5.60 Å². The highest BCUT2D eigenvalue weighted by atomic mass is 16.6. The summed E-state index contributed by atoms with van der Waals surface area (Å²) in [5.74, 6) is 0.515. The topological polar surface area (TPSA) is 55.6 Å². The number of hydrogen-bond acceptors (Lipinski definition) is 3. The number of piperidine rings is 1. The van der Waals surface area contributed by atoms with Crippen LogP contribution in [0.3, 0.4) is 0 Å². The maximum Gasteiger partial charge on any atom is 0.410 e. The quantitative estimate of drug-likeness (QED) is 0.808. The minimum absolute atomic E-state index is 0.142. The fraction of sp³-hybridized carbons (Fsp3) is 0.923. The van der Waals surface area contributed by atoms with Gasteiger partial charge in [0.2, 0.25) is 0 Å². The molecule has 1 heterocycles. The van der Waals surface area contributed by atoms with Gasteiger partial charge in [-0.1, -0.05) is 13.3 Å². The molecule has 0 aromatic carbocycles. The number of hydrogen-bond donors (Lipinski definition) is 1. The molecule has 1 amide bonds. The summed E-state index contributed by atoms with van der Waals surface area (Å²) in [6, 6.07) is 0.142. The normalized spacial score (nSPS) is 25.8. The van der Waals surface area contributed by atoms with Crippen LogP contribution in [0.4, 0.5) is 4.79 Å². The number of ether oxygens (including phenoxy) is 1.